The van der Waals surface area contributed by atoms with Crippen LogP contribution in [0, 0.1) is 6.92 Å². The molecular formula is C21H16Cl2N4O. The van der Waals surface area contributed by atoms with Crippen molar-refractivity contribution in [2.24, 2.45) is 0 Å². The number of rotatable bonds is 4. The van der Waals surface area contributed by atoms with Gasteiger partial charge in [0, 0.05) is 5.02 Å². The van der Waals surface area contributed by atoms with E-state index >= 15 is 0 Å². The van der Waals surface area contributed by atoms with Crippen LogP contribution in [0.1, 0.15) is 5.56 Å². The molecule has 0 aliphatic rings. The zero-order valence-electron chi connectivity index (χ0n) is 14.9. The van der Waals surface area contributed by atoms with Crippen molar-refractivity contribution in [3.63, 3.8) is 0 Å². The first-order chi connectivity index (χ1) is 13.5. The van der Waals surface area contributed by atoms with E-state index in [2.05, 4.69) is 15.8 Å². The van der Waals surface area contributed by atoms with Gasteiger partial charge in [-0.15, -0.1) is 0 Å². The minimum Gasteiger partial charge on any atom is -0.298 e. The van der Waals surface area contributed by atoms with Gasteiger partial charge in [-0.1, -0.05) is 59.1 Å². The topological polar surface area (TPSA) is 59.0 Å². The van der Waals surface area contributed by atoms with Gasteiger partial charge in [-0.2, -0.15) is 0 Å². The van der Waals surface area contributed by atoms with Gasteiger partial charge in [0.1, 0.15) is 0 Å². The van der Waals surface area contributed by atoms with Gasteiger partial charge in [0.15, 0.2) is 0 Å². The van der Waals surface area contributed by atoms with Crippen molar-refractivity contribution < 1.29 is 0 Å². The summed E-state index contributed by atoms with van der Waals surface area (Å²) in [5.74, 6) is 0.313. The number of hydrazine groups is 1. The number of fused-ring (bicyclic) bond motifs is 1. The van der Waals surface area contributed by atoms with Gasteiger partial charge in [0.2, 0.25) is 5.95 Å². The largest absolute Gasteiger partial charge is 0.298 e. The van der Waals surface area contributed by atoms with E-state index < -0.39 is 0 Å². The number of nitrogens with zero attached hydrogens (tertiary/aromatic N) is 2. The van der Waals surface area contributed by atoms with Gasteiger partial charge >= 0.3 is 0 Å². The zero-order valence-corrected chi connectivity index (χ0v) is 16.4. The molecule has 140 valence electrons. The third-order valence-electron chi connectivity index (χ3n) is 4.28. The number of anilines is 2. The van der Waals surface area contributed by atoms with Gasteiger partial charge in [0.25, 0.3) is 5.56 Å². The lowest BCUT2D eigenvalue weighted by Crippen LogP contribution is -2.25. The van der Waals surface area contributed by atoms with E-state index in [1.807, 2.05) is 61.5 Å². The molecule has 3 aromatic carbocycles. The fourth-order valence-corrected chi connectivity index (χ4v) is 3.42. The minimum absolute atomic E-state index is 0.270. The molecule has 4 rings (SSSR count). The average Bonchev–Trinajstić information content (AvgIpc) is 2.69. The normalized spacial score (nSPS) is 10.8. The predicted octanol–water partition coefficient (Wildman–Crippen LogP) is 5.44. The molecule has 0 spiro atoms. The van der Waals surface area contributed by atoms with Gasteiger partial charge in [-0.25, -0.2) is 9.55 Å². The molecule has 28 heavy (non-hydrogen) atoms. The van der Waals surface area contributed by atoms with Gasteiger partial charge in [-0.05, 0) is 43.3 Å². The number of aryl methyl sites for hydroxylation is 1. The van der Waals surface area contributed by atoms with Gasteiger partial charge in [-0.3, -0.25) is 15.6 Å². The minimum atomic E-state index is -0.270. The summed E-state index contributed by atoms with van der Waals surface area (Å²) in [6.07, 6.45) is 0. The third-order valence-corrected chi connectivity index (χ3v) is 4.78. The van der Waals surface area contributed by atoms with Crippen LogP contribution in [0.25, 0.3) is 16.6 Å². The molecule has 2 N–H and O–H groups in total. The summed E-state index contributed by atoms with van der Waals surface area (Å²) in [5.41, 5.74) is 8.89. The van der Waals surface area contributed by atoms with E-state index in [1.165, 1.54) is 4.57 Å². The zero-order chi connectivity index (χ0) is 19.7. The van der Waals surface area contributed by atoms with Crippen LogP contribution < -0.4 is 16.4 Å². The van der Waals surface area contributed by atoms with Crippen LogP contribution in [0.15, 0.2) is 71.5 Å². The Bertz CT molecular complexity index is 1210. The van der Waals surface area contributed by atoms with Crippen molar-refractivity contribution in [2.75, 3.05) is 10.9 Å². The van der Waals surface area contributed by atoms with Gasteiger partial charge in [0.05, 0.1) is 27.3 Å². The summed E-state index contributed by atoms with van der Waals surface area (Å²) in [6, 6.07) is 20.2. The lowest BCUT2D eigenvalue weighted by Gasteiger charge is -2.16. The van der Waals surface area contributed by atoms with Crippen LogP contribution in [0.3, 0.4) is 0 Å². The maximum Gasteiger partial charge on any atom is 0.267 e. The molecule has 0 radical (unpaired) electrons. The quantitative estimate of drug-likeness (QED) is 0.439. The monoisotopic (exact) mass is 410 g/mol. The molecular weight excluding hydrogens is 395 g/mol. The second-order valence-corrected chi connectivity index (χ2v) is 7.15. The number of hydrogen-bond acceptors (Lipinski definition) is 4. The Balaban J connectivity index is 1.87. The molecule has 5 nitrogen and oxygen atoms in total. The van der Waals surface area contributed by atoms with Crippen LogP contribution in [0.5, 0.6) is 0 Å². The van der Waals surface area contributed by atoms with Crippen LogP contribution in [0.2, 0.25) is 10.0 Å². The predicted molar refractivity (Wildman–Crippen MR) is 116 cm³/mol. The van der Waals surface area contributed by atoms with Crippen LogP contribution in [-0.2, 0) is 0 Å². The highest BCUT2D eigenvalue weighted by molar-refractivity contribution is 6.38. The Morgan fingerprint density at radius 3 is 2.36 bits per heavy atom. The molecule has 0 saturated heterocycles. The molecule has 0 saturated carbocycles. The van der Waals surface area contributed by atoms with Crippen molar-refractivity contribution in [2.45, 2.75) is 6.92 Å². The molecule has 0 atom stereocenters. The molecule has 0 aliphatic heterocycles. The Morgan fingerprint density at radius 2 is 1.64 bits per heavy atom. The Morgan fingerprint density at radius 1 is 0.929 bits per heavy atom. The van der Waals surface area contributed by atoms with Crippen molar-refractivity contribution in [1.29, 1.82) is 0 Å². The summed E-state index contributed by atoms with van der Waals surface area (Å²) in [4.78, 5) is 17.8. The standard InChI is InChI=1S/C21H16Cl2N4O/c1-13-7-9-15(10-8-13)25-26-21-24-19-17(11-14(22)12-18(19)23)20(28)27(21)16-5-3-2-4-6-16/h2-12,25H,1H3,(H,24,26). The molecule has 1 aromatic heterocycles. The average molecular weight is 411 g/mol. The second kappa shape index (κ2) is 7.54. The van der Waals surface area contributed by atoms with Crippen molar-refractivity contribution in [3.8, 4) is 5.69 Å². The Labute approximate surface area is 171 Å². The second-order valence-electron chi connectivity index (χ2n) is 6.31. The molecule has 0 bridgehead atoms. The van der Waals surface area contributed by atoms with E-state index in [1.54, 1.807) is 12.1 Å². The van der Waals surface area contributed by atoms with Gasteiger partial charge < -0.3 is 0 Å². The van der Waals surface area contributed by atoms with E-state index in [-0.39, 0.29) is 5.56 Å². The Hall–Kier alpha value is -3.02. The first-order valence-electron chi connectivity index (χ1n) is 8.59. The van der Waals surface area contributed by atoms with Crippen molar-refractivity contribution in [1.82, 2.24) is 9.55 Å². The highest BCUT2D eigenvalue weighted by Gasteiger charge is 2.15. The molecule has 4 aromatic rings. The van der Waals surface area contributed by atoms with E-state index in [0.29, 0.717) is 32.6 Å². The van der Waals surface area contributed by atoms with Crippen molar-refractivity contribution in [3.05, 3.63) is 92.7 Å². The number of aromatic nitrogens is 2. The maximum absolute atomic E-state index is 13.2. The molecule has 0 fully saturated rings. The van der Waals surface area contributed by atoms with Crippen LogP contribution in [0.4, 0.5) is 11.6 Å². The van der Waals surface area contributed by atoms with Crippen LogP contribution in [-0.4, -0.2) is 9.55 Å². The molecule has 1 heterocycles. The highest BCUT2D eigenvalue weighted by atomic mass is 35.5. The summed E-state index contributed by atoms with van der Waals surface area (Å²) in [6.45, 7) is 2.02. The lowest BCUT2D eigenvalue weighted by atomic mass is 10.2. The Kier molecular flexibility index (Phi) is 4.94. The summed E-state index contributed by atoms with van der Waals surface area (Å²) in [5, 5.41) is 1.05. The molecule has 0 amide bonds. The molecule has 0 aliphatic carbocycles. The highest BCUT2D eigenvalue weighted by Crippen LogP contribution is 2.26. The van der Waals surface area contributed by atoms with Crippen LogP contribution >= 0.6 is 23.2 Å². The fraction of sp³-hybridized carbons (Fsp3) is 0.0476. The fourth-order valence-electron chi connectivity index (χ4n) is 2.88. The van der Waals surface area contributed by atoms with E-state index in [0.717, 1.165) is 11.3 Å². The molecule has 0 unspecified atom stereocenters. The lowest BCUT2D eigenvalue weighted by molar-refractivity contribution is 0.965. The number of halogens is 2. The van der Waals surface area contributed by atoms with E-state index in [4.69, 9.17) is 23.2 Å². The summed E-state index contributed by atoms with van der Waals surface area (Å²) in [7, 11) is 0. The first-order valence-corrected chi connectivity index (χ1v) is 9.34. The number of nitrogens with one attached hydrogen (secondary N) is 2. The number of hydrogen-bond donors (Lipinski definition) is 2. The SMILES string of the molecule is Cc1ccc(NNc2nc3c(Cl)cc(Cl)cc3c(=O)n2-c2ccccc2)cc1. The van der Waals surface area contributed by atoms with Crippen molar-refractivity contribution >= 4 is 45.7 Å². The molecule has 7 heteroatoms. The number of benzene rings is 3. The third kappa shape index (κ3) is 3.54. The summed E-state index contributed by atoms with van der Waals surface area (Å²) >= 11 is 12.4. The first kappa shape index (κ1) is 18.3. The maximum atomic E-state index is 13.2. The number of para-hydroxylation sites is 1. The smallest absolute Gasteiger partial charge is 0.267 e. The van der Waals surface area contributed by atoms with E-state index in [9.17, 15) is 4.79 Å². The summed E-state index contributed by atoms with van der Waals surface area (Å²) < 4.78 is 1.48.